The maximum Gasteiger partial charge on any atom is 0.331 e. The van der Waals surface area contributed by atoms with Gasteiger partial charge >= 0.3 is 5.97 Å². The van der Waals surface area contributed by atoms with Crippen LogP contribution in [-0.4, -0.2) is 20.3 Å². The Kier molecular flexibility index (Phi) is 4.19. The van der Waals surface area contributed by atoms with E-state index in [2.05, 4.69) is 9.97 Å². The summed E-state index contributed by atoms with van der Waals surface area (Å²) >= 11 is 0. The summed E-state index contributed by atoms with van der Waals surface area (Å²) in [5.41, 5.74) is 4.29. The number of nitrogens with zero attached hydrogens (tertiary/aromatic N) is 3. The second-order valence-corrected chi connectivity index (χ2v) is 6.07. The minimum Gasteiger partial charge on any atom is -0.456 e. The monoisotopic (exact) mass is 343 g/mol. The number of hydrogen-bond acceptors (Lipinski definition) is 4. The van der Waals surface area contributed by atoms with Crippen molar-refractivity contribution >= 4 is 28.6 Å². The molecule has 0 amide bonds. The predicted molar refractivity (Wildman–Crippen MR) is 101 cm³/mol. The number of aromatic nitrogens is 3. The van der Waals surface area contributed by atoms with Gasteiger partial charge in [-0.15, -0.1) is 0 Å². The van der Waals surface area contributed by atoms with E-state index in [4.69, 9.17) is 4.74 Å². The number of rotatable bonds is 4. The summed E-state index contributed by atoms with van der Waals surface area (Å²) < 4.78 is 7.19. The number of aryl methyl sites for hydroxylation is 1. The molecule has 4 rings (SSSR count). The number of hydrogen-bond donors (Lipinski definition) is 0. The van der Waals surface area contributed by atoms with Gasteiger partial charge in [-0.2, -0.15) is 0 Å². The van der Waals surface area contributed by atoms with Crippen LogP contribution in [-0.2, 0) is 16.1 Å². The molecule has 0 atom stereocenters. The first kappa shape index (κ1) is 16.0. The van der Waals surface area contributed by atoms with E-state index in [1.165, 1.54) is 6.08 Å². The second-order valence-electron chi connectivity index (χ2n) is 6.07. The summed E-state index contributed by atoms with van der Waals surface area (Å²) in [6, 6.07) is 15.6. The Morgan fingerprint density at radius 3 is 2.88 bits per heavy atom. The van der Waals surface area contributed by atoms with Gasteiger partial charge in [0.25, 0.3) is 0 Å². The van der Waals surface area contributed by atoms with Gasteiger partial charge in [0.2, 0.25) is 0 Å². The molecule has 26 heavy (non-hydrogen) atoms. The van der Waals surface area contributed by atoms with Crippen molar-refractivity contribution in [2.75, 3.05) is 0 Å². The molecule has 1 aromatic carbocycles. The molecular weight excluding hydrogens is 326 g/mol. The lowest BCUT2D eigenvalue weighted by atomic mass is 10.2. The van der Waals surface area contributed by atoms with Crippen molar-refractivity contribution in [2.45, 2.75) is 13.5 Å². The number of ether oxygens (including phenoxy) is 1. The van der Waals surface area contributed by atoms with Crippen molar-refractivity contribution in [1.82, 2.24) is 14.4 Å². The Morgan fingerprint density at radius 1 is 1.08 bits per heavy atom. The van der Waals surface area contributed by atoms with Crippen LogP contribution in [0.25, 0.3) is 22.6 Å². The van der Waals surface area contributed by atoms with Gasteiger partial charge in [0.1, 0.15) is 12.3 Å². The van der Waals surface area contributed by atoms with E-state index in [0.29, 0.717) is 11.4 Å². The zero-order chi connectivity index (χ0) is 17.9. The molecule has 0 radical (unpaired) electrons. The smallest absolute Gasteiger partial charge is 0.331 e. The van der Waals surface area contributed by atoms with E-state index in [1.54, 1.807) is 6.08 Å². The molecule has 0 unspecified atom stereocenters. The van der Waals surface area contributed by atoms with Crippen LogP contribution in [0, 0.1) is 6.92 Å². The second kappa shape index (κ2) is 6.80. The fourth-order valence-corrected chi connectivity index (χ4v) is 2.75. The van der Waals surface area contributed by atoms with Crippen molar-refractivity contribution < 1.29 is 9.53 Å². The van der Waals surface area contributed by atoms with Gasteiger partial charge < -0.3 is 9.14 Å². The predicted octanol–water partition coefficient (Wildman–Crippen LogP) is 3.95. The molecule has 0 spiro atoms. The molecule has 0 bridgehead atoms. The summed E-state index contributed by atoms with van der Waals surface area (Å²) in [5.74, 6) is -0.423. The van der Waals surface area contributed by atoms with Gasteiger partial charge in [-0.25, -0.2) is 14.8 Å². The van der Waals surface area contributed by atoms with Gasteiger partial charge in [-0.3, -0.25) is 0 Å². The summed E-state index contributed by atoms with van der Waals surface area (Å²) in [6.07, 6.45) is 6.89. The minimum atomic E-state index is -0.423. The number of imidazole rings is 1. The van der Waals surface area contributed by atoms with Crippen LogP contribution >= 0.6 is 0 Å². The van der Waals surface area contributed by atoms with Crippen molar-refractivity contribution in [1.29, 1.82) is 0 Å². The molecule has 128 valence electrons. The highest BCUT2D eigenvalue weighted by molar-refractivity contribution is 5.87. The van der Waals surface area contributed by atoms with Crippen molar-refractivity contribution in [3.8, 4) is 0 Å². The molecule has 5 nitrogen and oxygen atoms in total. The topological polar surface area (TPSA) is 56.5 Å². The number of esters is 1. The van der Waals surface area contributed by atoms with Crippen LogP contribution < -0.4 is 0 Å². The zero-order valence-corrected chi connectivity index (χ0v) is 14.3. The maximum atomic E-state index is 12.0. The molecule has 3 aromatic heterocycles. The van der Waals surface area contributed by atoms with Gasteiger partial charge in [-0.05, 0) is 36.8 Å². The van der Waals surface area contributed by atoms with Crippen LogP contribution in [0.4, 0.5) is 0 Å². The summed E-state index contributed by atoms with van der Waals surface area (Å²) in [7, 11) is 0. The quantitative estimate of drug-likeness (QED) is 0.416. The van der Waals surface area contributed by atoms with Gasteiger partial charge in [0, 0.05) is 23.9 Å². The molecule has 0 saturated heterocycles. The highest BCUT2D eigenvalue weighted by Crippen LogP contribution is 2.13. The molecule has 0 aliphatic carbocycles. The molecule has 0 aliphatic heterocycles. The van der Waals surface area contributed by atoms with Crippen molar-refractivity contribution in [3.63, 3.8) is 0 Å². The zero-order valence-electron chi connectivity index (χ0n) is 14.3. The number of carbonyl (C=O) groups excluding carboxylic acids is 1. The number of para-hydroxylation sites is 1. The van der Waals surface area contributed by atoms with Gasteiger partial charge in [0.15, 0.2) is 0 Å². The molecule has 0 aliphatic rings. The fraction of sp³-hybridized carbons (Fsp3) is 0.0952. The molecule has 0 saturated carbocycles. The largest absolute Gasteiger partial charge is 0.456 e. The van der Waals surface area contributed by atoms with Crippen LogP contribution in [0.1, 0.15) is 17.0 Å². The summed E-state index contributed by atoms with van der Waals surface area (Å²) in [4.78, 5) is 20.9. The normalized spacial score (nSPS) is 11.4. The standard InChI is InChI=1S/C21H17N3O2/c1-15-6-10-20-23-18(13-24(20)12-15)14-26-21(25)11-9-17-8-7-16-4-2-3-5-19(16)22-17/h2-13H,14H2,1H3. The highest BCUT2D eigenvalue weighted by Gasteiger charge is 2.05. The van der Waals surface area contributed by atoms with Crippen molar-refractivity contribution in [2.24, 2.45) is 0 Å². The maximum absolute atomic E-state index is 12.0. The lowest BCUT2D eigenvalue weighted by Crippen LogP contribution is -2.01. The van der Waals surface area contributed by atoms with Gasteiger partial charge in [0.05, 0.1) is 16.9 Å². The third kappa shape index (κ3) is 3.47. The number of carbonyl (C=O) groups is 1. The van der Waals surface area contributed by atoms with Crippen molar-refractivity contribution in [3.05, 3.63) is 84.0 Å². The lowest BCUT2D eigenvalue weighted by Gasteiger charge is -1.99. The Bertz CT molecular complexity index is 1130. The first-order valence-electron chi connectivity index (χ1n) is 8.32. The third-order valence-electron chi connectivity index (χ3n) is 4.02. The van der Waals surface area contributed by atoms with E-state index < -0.39 is 5.97 Å². The SMILES string of the molecule is Cc1ccc2nc(COC(=O)C=Cc3ccc4ccccc4n3)cn2c1. The van der Waals surface area contributed by atoms with E-state index in [1.807, 2.05) is 72.2 Å². The third-order valence-corrected chi connectivity index (χ3v) is 4.02. The van der Waals surface area contributed by atoms with Crippen LogP contribution in [0.15, 0.2) is 67.0 Å². The minimum absolute atomic E-state index is 0.134. The molecular formula is C21H17N3O2. The first-order valence-corrected chi connectivity index (χ1v) is 8.32. The molecule has 5 heteroatoms. The molecule has 3 heterocycles. The Morgan fingerprint density at radius 2 is 1.96 bits per heavy atom. The lowest BCUT2D eigenvalue weighted by molar-refractivity contribution is -0.139. The average molecular weight is 343 g/mol. The Balaban J connectivity index is 1.41. The fourth-order valence-electron chi connectivity index (χ4n) is 2.75. The summed E-state index contributed by atoms with van der Waals surface area (Å²) in [5, 5.41) is 1.06. The Hall–Kier alpha value is -3.47. The number of benzene rings is 1. The van der Waals surface area contributed by atoms with Crippen LogP contribution in [0.3, 0.4) is 0 Å². The molecule has 4 aromatic rings. The highest BCUT2D eigenvalue weighted by atomic mass is 16.5. The van der Waals surface area contributed by atoms with Gasteiger partial charge in [-0.1, -0.05) is 30.3 Å². The average Bonchev–Trinajstić information content (AvgIpc) is 3.06. The first-order chi connectivity index (χ1) is 12.7. The summed E-state index contributed by atoms with van der Waals surface area (Å²) in [6.45, 7) is 2.15. The molecule has 0 N–H and O–H groups in total. The van der Waals surface area contributed by atoms with E-state index in [0.717, 1.165) is 22.1 Å². The Labute approximate surface area is 150 Å². The van der Waals surface area contributed by atoms with Crippen LogP contribution in [0.5, 0.6) is 0 Å². The van der Waals surface area contributed by atoms with E-state index >= 15 is 0 Å². The van der Waals surface area contributed by atoms with E-state index in [-0.39, 0.29) is 6.61 Å². The van der Waals surface area contributed by atoms with E-state index in [9.17, 15) is 4.79 Å². The molecule has 0 fully saturated rings. The van der Waals surface area contributed by atoms with Crippen LogP contribution in [0.2, 0.25) is 0 Å². The number of pyridine rings is 2. The number of fused-ring (bicyclic) bond motifs is 2.